The summed E-state index contributed by atoms with van der Waals surface area (Å²) in [4.78, 5) is 33.1. The van der Waals surface area contributed by atoms with E-state index in [1.165, 1.54) is 11.3 Å². The standard InChI is InChI=1S/C17H19ClN4O2S/c1-11-3-4-13(9-14(11)18)20-17(24)22-7-5-21(6-8-22)16(23)15-12(2)19-10-25-15/h3-4,9-10H,5-8H2,1-2H3,(H,20,24). The van der Waals surface area contributed by atoms with Gasteiger partial charge in [0.05, 0.1) is 11.2 Å². The highest BCUT2D eigenvalue weighted by molar-refractivity contribution is 7.11. The number of amides is 3. The molecule has 0 unspecified atom stereocenters. The number of hydrogen-bond acceptors (Lipinski definition) is 4. The van der Waals surface area contributed by atoms with Crippen LogP contribution in [0.3, 0.4) is 0 Å². The van der Waals surface area contributed by atoms with E-state index >= 15 is 0 Å². The quantitative estimate of drug-likeness (QED) is 0.870. The zero-order chi connectivity index (χ0) is 18.0. The number of nitrogens with zero attached hydrogens (tertiary/aromatic N) is 3. The molecule has 3 amide bonds. The van der Waals surface area contributed by atoms with Crippen LogP contribution in [0.5, 0.6) is 0 Å². The molecule has 1 aromatic carbocycles. The number of anilines is 1. The molecule has 1 aromatic heterocycles. The minimum Gasteiger partial charge on any atom is -0.334 e. The van der Waals surface area contributed by atoms with E-state index in [2.05, 4.69) is 10.3 Å². The fraction of sp³-hybridized carbons (Fsp3) is 0.353. The first kappa shape index (κ1) is 17.7. The van der Waals surface area contributed by atoms with Crippen molar-refractivity contribution in [1.29, 1.82) is 0 Å². The van der Waals surface area contributed by atoms with Crippen molar-refractivity contribution in [2.75, 3.05) is 31.5 Å². The van der Waals surface area contributed by atoms with Crippen LogP contribution in [0.1, 0.15) is 20.9 Å². The summed E-state index contributed by atoms with van der Waals surface area (Å²) in [5, 5.41) is 3.47. The summed E-state index contributed by atoms with van der Waals surface area (Å²) >= 11 is 7.44. The maximum atomic E-state index is 12.5. The van der Waals surface area contributed by atoms with Gasteiger partial charge in [0.25, 0.3) is 5.91 Å². The topological polar surface area (TPSA) is 65.5 Å². The third kappa shape index (κ3) is 3.93. The van der Waals surface area contributed by atoms with Crippen molar-refractivity contribution >= 4 is 40.6 Å². The van der Waals surface area contributed by atoms with Gasteiger partial charge < -0.3 is 15.1 Å². The molecule has 0 spiro atoms. The minimum atomic E-state index is -0.180. The maximum absolute atomic E-state index is 12.5. The number of carbonyl (C=O) groups is 2. The second-order valence-electron chi connectivity index (χ2n) is 5.94. The molecular weight excluding hydrogens is 360 g/mol. The van der Waals surface area contributed by atoms with Crippen LogP contribution in [-0.4, -0.2) is 52.9 Å². The third-order valence-corrected chi connectivity index (χ3v) is 5.54. The molecule has 1 saturated heterocycles. The van der Waals surface area contributed by atoms with Gasteiger partial charge in [0.1, 0.15) is 4.88 Å². The van der Waals surface area contributed by atoms with Crippen molar-refractivity contribution in [2.24, 2.45) is 0 Å². The van der Waals surface area contributed by atoms with Gasteiger partial charge in [-0.25, -0.2) is 9.78 Å². The number of carbonyl (C=O) groups excluding carboxylic acids is 2. The number of halogens is 1. The second-order valence-corrected chi connectivity index (χ2v) is 7.20. The average Bonchev–Trinajstić information content (AvgIpc) is 3.03. The SMILES string of the molecule is Cc1ccc(NC(=O)N2CCN(C(=O)c3scnc3C)CC2)cc1Cl. The summed E-state index contributed by atoms with van der Waals surface area (Å²) in [6.07, 6.45) is 0. The van der Waals surface area contributed by atoms with Crippen LogP contribution >= 0.6 is 22.9 Å². The summed E-state index contributed by atoms with van der Waals surface area (Å²) in [6, 6.07) is 5.25. The molecule has 1 fully saturated rings. The predicted molar refractivity (Wildman–Crippen MR) is 99.5 cm³/mol. The number of piperazine rings is 1. The molecule has 1 N–H and O–H groups in total. The van der Waals surface area contributed by atoms with Gasteiger partial charge in [-0.1, -0.05) is 17.7 Å². The third-order valence-electron chi connectivity index (χ3n) is 4.22. The minimum absolute atomic E-state index is 0.00891. The van der Waals surface area contributed by atoms with Crippen LogP contribution in [0.2, 0.25) is 5.02 Å². The molecule has 2 heterocycles. The molecule has 0 radical (unpaired) electrons. The van der Waals surface area contributed by atoms with E-state index in [1.54, 1.807) is 21.4 Å². The molecule has 25 heavy (non-hydrogen) atoms. The van der Waals surface area contributed by atoms with Crippen molar-refractivity contribution in [2.45, 2.75) is 13.8 Å². The molecule has 0 atom stereocenters. The number of aryl methyl sites for hydroxylation is 2. The summed E-state index contributed by atoms with van der Waals surface area (Å²) in [5.74, 6) is -0.00891. The summed E-state index contributed by atoms with van der Waals surface area (Å²) < 4.78 is 0. The first-order valence-electron chi connectivity index (χ1n) is 7.97. The van der Waals surface area contributed by atoms with Gasteiger partial charge in [-0.05, 0) is 31.5 Å². The van der Waals surface area contributed by atoms with Crippen LogP contribution in [0.25, 0.3) is 0 Å². The van der Waals surface area contributed by atoms with Gasteiger partial charge in [-0.2, -0.15) is 0 Å². The summed E-state index contributed by atoms with van der Waals surface area (Å²) in [6.45, 7) is 5.76. The Hall–Kier alpha value is -2.12. The van der Waals surface area contributed by atoms with E-state index in [0.717, 1.165) is 11.3 Å². The van der Waals surface area contributed by atoms with Crippen LogP contribution in [0.15, 0.2) is 23.7 Å². The Morgan fingerprint density at radius 3 is 2.44 bits per heavy atom. The largest absolute Gasteiger partial charge is 0.334 e. The van der Waals surface area contributed by atoms with Gasteiger partial charge in [-0.3, -0.25) is 4.79 Å². The van der Waals surface area contributed by atoms with Crippen LogP contribution in [-0.2, 0) is 0 Å². The number of thiazole rings is 1. The molecule has 0 aliphatic carbocycles. The zero-order valence-electron chi connectivity index (χ0n) is 14.1. The predicted octanol–water partition coefficient (Wildman–Crippen LogP) is 3.40. The monoisotopic (exact) mass is 378 g/mol. The number of nitrogens with one attached hydrogen (secondary N) is 1. The number of urea groups is 1. The van der Waals surface area contributed by atoms with Crippen LogP contribution < -0.4 is 5.32 Å². The van der Waals surface area contributed by atoms with Gasteiger partial charge in [0.15, 0.2) is 0 Å². The Labute approximate surface area is 155 Å². The smallest absolute Gasteiger partial charge is 0.321 e. The van der Waals surface area contributed by atoms with Crippen molar-refractivity contribution in [3.63, 3.8) is 0 Å². The van der Waals surface area contributed by atoms with Crippen molar-refractivity contribution in [3.05, 3.63) is 44.9 Å². The first-order valence-corrected chi connectivity index (χ1v) is 9.23. The molecule has 3 rings (SSSR count). The molecule has 132 valence electrons. The lowest BCUT2D eigenvalue weighted by atomic mass is 10.2. The van der Waals surface area contributed by atoms with Gasteiger partial charge >= 0.3 is 6.03 Å². The lowest BCUT2D eigenvalue weighted by Crippen LogP contribution is -2.51. The zero-order valence-corrected chi connectivity index (χ0v) is 15.7. The van der Waals surface area contributed by atoms with Crippen molar-refractivity contribution < 1.29 is 9.59 Å². The van der Waals surface area contributed by atoms with Gasteiger partial charge in [-0.15, -0.1) is 11.3 Å². The molecule has 1 aliphatic rings. The normalized spacial score (nSPS) is 14.5. The number of hydrogen-bond donors (Lipinski definition) is 1. The van der Waals surface area contributed by atoms with Crippen molar-refractivity contribution in [3.8, 4) is 0 Å². The Kier molecular flexibility index (Phi) is 5.24. The molecule has 8 heteroatoms. The maximum Gasteiger partial charge on any atom is 0.321 e. The molecular formula is C17H19ClN4O2S. The Morgan fingerprint density at radius 2 is 1.84 bits per heavy atom. The molecule has 6 nitrogen and oxygen atoms in total. The van der Waals surface area contributed by atoms with Crippen LogP contribution in [0, 0.1) is 13.8 Å². The lowest BCUT2D eigenvalue weighted by Gasteiger charge is -2.34. The lowest BCUT2D eigenvalue weighted by molar-refractivity contribution is 0.0675. The van der Waals surface area contributed by atoms with E-state index in [1.807, 2.05) is 26.0 Å². The fourth-order valence-electron chi connectivity index (χ4n) is 2.64. The van der Waals surface area contributed by atoms with E-state index in [0.29, 0.717) is 41.8 Å². The Bertz CT molecular complexity index is 800. The average molecular weight is 379 g/mol. The second kappa shape index (κ2) is 7.41. The van der Waals surface area contributed by atoms with E-state index in [-0.39, 0.29) is 11.9 Å². The number of aromatic nitrogens is 1. The van der Waals surface area contributed by atoms with E-state index in [9.17, 15) is 9.59 Å². The fourth-order valence-corrected chi connectivity index (χ4v) is 3.59. The van der Waals surface area contributed by atoms with Gasteiger partial charge in [0, 0.05) is 36.9 Å². The van der Waals surface area contributed by atoms with Gasteiger partial charge in [0.2, 0.25) is 0 Å². The highest BCUT2D eigenvalue weighted by Crippen LogP contribution is 2.21. The molecule has 2 aromatic rings. The number of benzene rings is 1. The highest BCUT2D eigenvalue weighted by atomic mass is 35.5. The first-order chi connectivity index (χ1) is 12.0. The highest BCUT2D eigenvalue weighted by Gasteiger charge is 2.26. The van der Waals surface area contributed by atoms with E-state index in [4.69, 9.17) is 11.6 Å². The Balaban J connectivity index is 1.56. The molecule has 1 aliphatic heterocycles. The number of rotatable bonds is 2. The van der Waals surface area contributed by atoms with Crippen molar-refractivity contribution in [1.82, 2.24) is 14.8 Å². The Morgan fingerprint density at radius 1 is 1.16 bits per heavy atom. The molecule has 0 saturated carbocycles. The van der Waals surface area contributed by atoms with E-state index < -0.39 is 0 Å². The summed E-state index contributed by atoms with van der Waals surface area (Å²) in [5.41, 5.74) is 4.06. The van der Waals surface area contributed by atoms with Crippen LogP contribution in [0.4, 0.5) is 10.5 Å². The summed E-state index contributed by atoms with van der Waals surface area (Å²) in [7, 11) is 0. The molecule has 0 bridgehead atoms.